The van der Waals surface area contributed by atoms with Gasteiger partial charge in [0.25, 0.3) is 0 Å². The molecule has 104 valence electrons. The summed E-state index contributed by atoms with van der Waals surface area (Å²) in [5, 5.41) is 9.91. The molecule has 1 N–H and O–H groups in total. The van der Waals surface area contributed by atoms with Crippen LogP contribution in [0.15, 0.2) is 30.3 Å². The fourth-order valence-corrected chi connectivity index (χ4v) is 2.49. The van der Waals surface area contributed by atoms with Gasteiger partial charge in [0.15, 0.2) is 0 Å². The van der Waals surface area contributed by atoms with Crippen LogP contribution in [0.4, 0.5) is 4.79 Å². The van der Waals surface area contributed by atoms with Crippen LogP contribution in [0.25, 0.3) is 0 Å². The second-order valence-corrected chi connectivity index (χ2v) is 4.92. The molecule has 1 amide bonds. The van der Waals surface area contributed by atoms with E-state index in [1.807, 2.05) is 37.3 Å². The van der Waals surface area contributed by atoms with E-state index < -0.39 is 6.10 Å². The molecule has 19 heavy (non-hydrogen) atoms. The molecule has 1 aromatic rings. The minimum absolute atomic E-state index is 0.0896. The van der Waals surface area contributed by atoms with Crippen molar-refractivity contribution in [2.75, 3.05) is 6.54 Å². The molecular weight excluding hydrogens is 242 g/mol. The van der Waals surface area contributed by atoms with Gasteiger partial charge in [-0.2, -0.15) is 0 Å². The normalized spacial score (nSPS) is 20.3. The lowest BCUT2D eigenvalue weighted by Gasteiger charge is -2.27. The zero-order valence-electron chi connectivity index (χ0n) is 11.3. The van der Waals surface area contributed by atoms with Gasteiger partial charge in [-0.1, -0.05) is 37.3 Å². The first kappa shape index (κ1) is 13.9. The van der Waals surface area contributed by atoms with Gasteiger partial charge in [-0.05, 0) is 24.8 Å². The van der Waals surface area contributed by atoms with Crippen molar-refractivity contribution in [2.45, 2.75) is 44.9 Å². The van der Waals surface area contributed by atoms with E-state index in [-0.39, 0.29) is 18.7 Å². The molecule has 0 saturated carbocycles. The Labute approximate surface area is 114 Å². The molecule has 1 aliphatic heterocycles. The Kier molecular flexibility index (Phi) is 4.80. The number of aliphatic hydroxyl groups excluding tert-OH is 1. The molecule has 1 heterocycles. The van der Waals surface area contributed by atoms with E-state index in [1.165, 1.54) is 0 Å². The summed E-state index contributed by atoms with van der Waals surface area (Å²) in [6, 6.07) is 9.53. The Hall–Kier alpha value is -1.55. The molecule has 1 saturated heterocycles. The van der Waals surface area contributed by atoms with Crippen LogP contribution < -0.4 is 0 Å². The summed E-state index contributed by atoms with van der Waals surface area (Å²) in [7, 11) is 0. The van der Waals surface area contributed by atoms with Crippen LogP contribution in [0.1, 0.15) is 31.7 Å². The van der Waals surface area contributed by atoms with Gasteiger partial charge < -0.3 is 14.7 Å². The third kappa shape index (κ3) is 3.47. The number of rotatable bonds is 4. The molecule has 1 aromatic carbocycles. The zero-order chi connectivity index (χ0) is 13.7. The van der Waals surface area contributed by atoms with Gasteiger partial charge in [-0.15, -0.1) is 0 Å². The van der Waals surface area contributed by atoms with E-state index in [9.17, 15) is 9.90 Å². The highest BCUT2D eigenvalue weighted by molar-refractivity contribution is 5.68. The Morgan fingerprint density at radius 1 is 1.47 bits per heavy atom. The van der Waals surface area contributed by atoms with Crippen molar-refractivity contribution in [3.05, 3.63) is 35.9 Å². The monoisotopic (exact) mass is 263 g/mol. The van der Waals surface area contributed by atoms with E-state index in [4.69, 9.17) is 4.74 Å². The van der Waals surface area contributed by atoms with Crippen LogP contribution in [0.2, 0.25) is 0 Å². The van der Waals surface area contributed by atoms with Gasteiger partial charge in [0.1, 0.15) is 6.61 Å². The maximum Gasteiger partial charge on any atom is 0.410 e. The summed E-state index contributed by atoms with van der Waals surface area (Å²) in [5.41, 5.74) is 0.975. The summed E-state index contributed by atoms with van der Waals surface area (Å²) in [4.78, 5) is 13.7. The molecule has 0 radical (unpaired) electrons. The van der Waals surface area contributed by atoms with E-state index in [2.05, 4.69) is 0 Å². The average molecular weight is 263 g/mol. The van der Waals surface area contributed by atoms with Crippen molar-refractivity contribution < 1.29 is 14.6 Å². The molecule has 4 nitrogen and oxygen atoms in total. The highest BCUT2D eigenvalue weighted by Crippen LogP contribution is 2.22. The summed E-state index contributed by atoms with van der Waals surface area (Å²) >= 11 is 0. The number of hydrogen-bond donors (Lipinski definition) is 1. The maximum atomic E-state index is 12.0. The first-order valence-corrected chi connectivity index (χ1v) is 6.87. The van der Waals surface area contributed by atoms with Gasteiger partial charge >= 0.3 is 6.09 Å². The molecule has 1 aliphatic rings. The molecule has 1 fully saturated rings. The largest absolute Gasteiger partial charge is 0.445 e. The second-order valence-electron chi connectivity index (χ2n) is 4.92. The molecule has 4 heteroatoms. The van der Waals surface area contributed by atoms with Crippen molar-refractivity contribution in [2.24, 2.45) is 0 Å². The highest BCUT2D eigenvalue weighted by Gasteiger charge is 2.33. The third-order valence-corrected chi connectivity index (χ3v) is 3.60. The lowest BCUT2D eigenvalue weighted by molar-refractivity contribution is 0.0468. The van der Waals surface area contributed by atoms with E-state index in [0.29, 0.717) is 13.0 Å². The third-order valence-electron chi connectivity index (χ3n) is 3.60. The van der Waals surface area contributed by atoms with Crippen molar-refractivity contribution in [3.63, 3.8) is 0 Å². The zero-order valence-corrected chi connectivity index (χ0v) is 11.3. The second kappa shape index (κ2) is 6.57. The minimum atomic E-state index is -0.452. The van der Waals surface area contributed by atoms with Gasteiger partial charge in [0.2, 0.25) is 0 Å². The fourth-order valence-electron chi connectivity index (χ4n) is 2.49. The molecule has 2 atom stereocenters. The standard InChI is InChI=1S/C15H21NO3/c1-2-14(17)13-9-6-10-16(13)15(18)19-11-12-7-4-3-5-8-12/h3-5,7-8,13-14,17H,2,6,9-11H2,1H3/t13-,14?/m0/s1. The van der Waals surface area contributed by atoms with Crippen LogP contribution in [-0.4, -0.2) is 34.8 Å². The Balaban J connectivity index is 1.89. The fraction of sp³-hybridized carbons (Fsp3) is 0.533. The number of carbonyl (C=O) groups is 1. The highest BCUT2D eigenvalue weighted by atomic mass is 16.6. The SMILES string of the molecule is CCC(O)[C@@H]1CCCN1C(=O)OCc1ccccc1. The van der Waals surface area contributed by atoms with Crippen molar-refractivity contribution >= 4 is 6.09 Å². The Bertz CT molecular complexity index is 407. The lowest BCUT2D eigenvalue weighted by Crippen LogP contribution is -2.42. The van der Waals surface area contributed by atoms with E-state index in [0.717, 1.165) is 18.4 Å². The molecular formula is C15H21NO3. The van der Waals surface area contributed by atoms with Crippen LogP contribution in [0.5, 0.6) is 0 Å². The average Bonchev–Trinajstić information content (AvgIpc) is 2.94. The number of nitrogens with zero attached hydrogens (tertiary/aromatic N) is 1. The maximum absolute atomic E-state index is 12.0. The Morgan fingerprint density at radius 3 is 2.89 bits per heavy atom. The molecule has 2 rings (SSSR count). The first-order valence-electron chi connectivity index (χ1n) is 6.87. The van der Waals surface area contributed by atoms with Gasteiger partial charge in [0.05, 0.1) is 12.1 Å². The molecule has 0 aliphatic carbocycles. The lowest BCUT2D eigenvalue weighted by atomic mass is 10.1. The van der Waals surface area contributed by atoms with Gasteiger partial charge in [-0.25, -0.2) is 4.79 Å². The number of likely N-dealkylation sites (tertiary alicyclic amines) is 1. The van der Waals surface area contributed by atoms with Gasteiger partial charge in [-0.3, -0.25) is 0 Å². The number of amides is 1. The summed E-state index contributed by atoms with van der Waals surface area (Å²) in [6.07, 6.45) is 1.68. The van der Waals surface area contributed by atoms with Crippen molar-refractivity contribution in [1.82, 2.24) is 4.90 Å². The van der Waals surface area contributed by atoms with E-state index in [1.54, 1.807) is 4.90 Å². The Morgan fingerprint density at radius 2 is 2.21 bits per heavy atom. The molecule has 0 spiro atoms. The van der Waals surface area contributed by atoms with Crippen molar-refractivity contribution in [3.8, 4) is 0 Å². The number of ether oxygens (including phenoxy) is 1. The van der Waals surface area contributed by atoms with Crippen LogP contribution >= 0.6 is 0 Å². The number of carbonyl (C=O) groups excluding carboxylic acids is 1. The van der Waals surface area contributed by atoms with Crippen molar-refractivity contribution in [1.29, 1.82) is 0 Å². The summed E-state index contributed by atoms with van der Waals surface area (Å²) < 4.78 is 5.31. The topological polar surface area (TPSA) is 49.8 Å². The van der Waals surface area contributed by atoms with Crippen LogP contribution in [-0.2, 0) is 11.3 Å². The van der Waals surface area contributed by atoms with E-state index >= 15 is 0 Å². The summed E-state index contributed by atoms with van der Waals surface area (Å²) in [6.45, 7) is 2.89. The minimum Gasteiger partial charge on any atom is -0.445 e. The molecule has 0 bridgehead atoms. The predicted octanol–water partition coefficient (Wildman–Crippen LogP) is 2.56. The first-order chi connectivity index (χ1) is 9.22. The molecule has 1 unspecified atom stereocenters. The number of hydrogen-bond acceptors (Lipinski definition) is 3. The number of aliphatic hydroxyl groups is 1. The van der Waals surface area contributed by atoms with Crippen LogP contribution in [0.3, 0.4) is 0 Å². The number of benzene rings is 1. The predicted molar refractivity (Wildman–Crippen MR) is 72.7 cm³/mol. The van der Waals surface area contributed by atoms with Gasteiger partial charge in [0, 0.05) is 6.54 Å². The quantitative estimate of drug-likeness (QED) is 0.908. The van der Waals surface area contributed by atoms with Crippen LogP contribution in [0, 0.1) is 0 Å². The smallest absolute Gasteiger partial charge is 0.410 e. The molecule has 0 aromatic heterocycles. The summed E-state index contributed by atoms with van der Waals surface area (Å²) in [5.74, 6) is 0.